The van der Waals surface area contributed by atoms with Gasteiger partial charge in [0.25, 0.3) is 0 Å². The summed E-state index contributed by atoms with van der Waals surface area (Å²) in [7, 11) is 0. The highest BCUT2D eigenvalue weighted by Crippen LogP contribution is 2.25. The maximum atomic E-state index is 8.45. The van der Waals surface area contributed by atoms with Crippen molar-refractivity contribution >= 4 is 0 Å². The average Bonchev–Trinajstić information content (AvgIpc) is 2.44. The maximum absolute atomic E-state index is 8.45. The van der Waals surface area contributed by atoms with Crippen LogP contribution in [-0.4, -0.2) is 23.5 Å². The normalized spacial score (nSPS) is 39.3. The third-order valence-electron chi connectivity index (χ3n) is 1.72. The SMILES string of the molecule is C=CCN1C(C)C1C#N. The van der Waals surface area contributed by atoms with Crippen LogP contribution in [0.25, 0.3) is 0 Å². The first-order valence-electron chi connectivity index (χ1n) is 3.07. The Bertz CT molecular complexity index is 157. The molecule has 0 aromatic heterocycles. The molecule has 0 amide bonds. The molecule has 48 valence electrons. The van der Waals surface area contributed by atoms with Gasteiger partial charge in [-0.1, -0.05) is 6.08 Å². The summed E-state index contributed by atoms with van der Waals surface area (Å²) in [4.78, 5) is 2.09. The van der Waals surface area contributed by atoms with E-state index in [4.69, 9.17) is 5.26 Å². The minimum atomic E-state index is 0.156. The molecule has 1 aliphatic heterocycles. The zero-order valence-corrected chi connectivity index (χ0v) is 5.54. The number of nitriles is 1. The first-order valence-corrected chi connectivity index (χ1v) is 3.07. The van der Waals surface area contributed by atoms with Crippen LogP contribution >= 0.6 is 0 Å². The Hall–Kier alpha value is -0.810. The van der Waals surface area contributed by atoms with Crippen molar-refractivity contribution in [2.45, 2.75) is 19.0 Å². The van der Waals surface area contributed by atoms with Crippen LogP contribution in [0.15, 0.2) is 12.7 Å². The molecule has 0 bridgehead atoms. The molecule has 1 saturated heterocycles. The molecule has 3 unspecified atom stereocenters. The predicted molar refractivity (Wildman–Crippen MR) is 35.8 cm³/mol. The second kappa shape index (κ2) is 2.20. The molecule has 2 nitrogen and oxygen atoms in total. The largest absolute Gasteiger partial charge is 0.278 e. The smallest absolute Gasteiger partial charge is 0.114 e. The summed E-state index contributed by atoms with van der Waals surface area (Å²) in [6.45, 7) is 6.49. The first-order chi connectivity index (χ1) is 4.31. The van der Waals surface area contributed by atoms with Crippen LogP contribution in [0.3, 0.4) is 0 Å². The topological polar surface area (TPSA) is 26.8 Å². The number of rotatable bonds is 2. The molecule has 3 atom stereocenters. The lowest BCUT2D eigenvalue weighted by Gasteiger charge is -1.89. The van der Waals surface area contributed by atoms with Crippen molar-refractivity contribution in [3.05, 3.63) is 12.7 Å². The molecular weight excluding hydrogens is 112 g/mol. The fourth-order valence-corrected chi connectivity index (χ4v) is 1.02. The third-order valence-corrected chi connectivity index (χ3v) is 1.72. The first kappa shape index (κ1) is 6.31. The highest BCUT2D eigenvalue weighted by atomic mass is 15.3. The third kappa shape index (κ3) is 0.962. The van der Waals surface area contributed by atoms with Gasteiger partial charge in [0, 0.05) is 12.6 Å². The van der Waals surface area contributed by atoms with E-state index in [1.165, 1.54) is 0 Å². The molecule has 0 aromatic carbocycles. The van der Waals surface area contributed by atoms with Gasteiger partial charge in [0.15, 0.2) is 0 Å². The lowest BCUT2D eigenvalue weighted by Crippen LogP contribution is -1.99. The molecule has 0 N–H and O–H groups in total. The number of hydrogen-bond acceptors (Lipinski definition) is 2. The van der Waals surface area contributed by atoms with E-state index in [0.29, 0.717) is 6.04 Å². The summed E-state index contributed by atoms with van der Waals surface area (Å²) in [6, 6.07) is 2.81. The minimum absolute atomic E-state index is 0.156. The molecule has 0 spiro atoms. The van der Waals surface area contributed by atoms with Gasteiger partial charge in [0.2, 0.25) is 0 Å². The van der Waals surface area contributed by atoms with Gasteiger partial charge < -0.3 is 0 Å². The van der Waals surface area contributed by atoms with Crippen molar-refractivity contribution in [2.75, 3.05) is 6.54 Å². The van der Waals surface area contributed by atoms with Crippen molar-refractivity contribution in [3.8, 4) is 6.07 Å². The van der Waals surface area contributed by atoms with Gasteiger partial charge in [-0.05, 0) is 6.92 Å². The van der Waals surface area contributed by atoms with E-state index in [9.17, 15) is 0 Å². The van der Waals surface area contributed by atoms with Gasteiger partial charge in [0.05, 0.1) is 6.07 Å². The lowest BCUT2D eigenvalue weighted by atomic mass is 10.4. The van der Waals surface area contributed by atoms with Gasteiger partial charge >= 0.3 is 0 Å². The van der Waals surface area contributed by atoms with E-state index in [1.54, 1.807) is 0 Å². The van der Waals surface area contributed by atoms with Crippen molar-refractivity contribution in [1.29, 1.82) is 5.26 Å². The molecule has 2 heteroatoms. The summed E-state index contributed by atoms with van der Waals surface area (Å²) >= 11 is 0. The van der Waals surface area contributed by atoms with Crippen LogP contribution in [0.1, 0.15) is 6.92 Å². The number of hydrogen-bond donors (Lipinski definition) is 0. The minimum Gasteiger partial charge on any atom is -0.278 e. The van der Waals surface area contributed by atoms with Crippen molar-refractivity contribution < 1.29 is 0 Å². The molecule has 0 aromatic rings. The molecule has 0 aliphatic carbocycles. The standard InChI is InChI=1S/C7H10N2/c1-3-4-9-6(2)7(9)5-8/h3,6-7H,1,4H2,2H3. The lowest BCUT2D eigenvalue weighted by molar-refractivity contribution is 0.563. The van der Waals surface area contributed by atoms with Crippen molar-refractivity contribution in [2.24, 2.45) is 0 Å². The second-order valence-electron chi connectivity index (χ2n) is 2.30. The molecular formula is C7H10N2. The maximum Gasteiger partial charge on any atom is 0.114 e. The fraction of sp³-hybridized carbons (Fsp3) is 0.571. The Morgan fingerprint density at radius 2 is 2.56 bits per heavy atom. The fourth-order valence-electron chi connectivity index (χ4n) is 1.02. The molecule has 0 radical (unpaired) electrons. The molecule has 1 aliphatic rings. The van der Waals surface area contributed by atoms with Crippen LogP contribution in [0.4, 0.5) is 0 Å². The number of nitrogens with zero attached hydrogens (tertiary/aromatic N) is 2. The van der Waals surface area contributed by atoms with E-state index in [1.807, 2.05) is 6.08 Å². The Morgan fingerprint density at radius 1 is 1.89 bits per heavy atom. The highest BCUT2D eigenvalue weighted by molar-refractivity contribution is 5.13. The summed E-state index contributed by atoms with van der Waals surface area (Å²) in [5.74, 6) is 0. The molecule has 0 saturated carbocycles. The summed E-state index contributed by atoms with van der Waals surface area (Å²) in [5.41, 5.74) is 0. The van der Waals surface area contributed by atoms with Crippen LogP contribution in [0.2, 0.25) is 0 Å². The van der Waals surface area contributed by atoms with Crippen LogP contribution in [-0.2, 0) is 0 Å². The van der Waals surface area contributed by atoms with Crippen LogP contribution < -0.4 is 0 Å². The quantitative estimate of drug-likeness (QED) is 0.399. The van der Waals surface area contributed by atoms with E-state index in [2.05, 4.69) is 24.5 Å². The van der Waals surface area contributed by atoms with Gasteiger partial charge in [-0.25, -0.2) is 0 Å². The monoisotopic (exact) mass is 122 g/mol. The molecule has 9 heavy (non-hydrogen) atoms. The van der Waals surface area contributed by atoms with Gasteiger partial charge in [0.1, 0.15) is 6.04 Å². The zero-order valence-electron chi connectivity index (χ0n) is 5.54. The summed E-state index contributed by atoms with van der Waals surface area (Å²) < 4.78 is 0. The van der Waals surface area contributed by atoms with E-state index in [0.717, 1.165) is 6.54 Å². The second-order valence-corrected chi connectivity index (χ2v) is 2.30. The average molecular weight is 122 g/mol. The van der Waals surface area contributed by atoms with E-state index >= 15 is 0 Å². The van der Waals surface area contributed by atoms with E-state index < -0.39 is 0 Å². The summed E-state index contributed by atoms with van der Waals surface area (Å²) in [5, 5.41) is 8.45. The molecule has 1 rings (SSSR count). The highest BCUT2D eigenvalue weighted by Gasteiger charge is 2.42. The van der Waals surface area contributed by atoms with Crippen LogP contribution in [0.5, 0.6) is 0 Å². The van der Waals surface area contributed by atoms with E-state index in [-0.39, 0.29) is 6.04 Å². The van der Waals surface area contributed by atoms with Gasteiger partial charge in [-0.3, -0.25) is 4.90 Å². The molecule has 1 heterocycles. The zero-order chi connectivity index (χ0) is 6.85. The molecule has 1 fully saturated rings. The van der Waals surface area contributed by atoms with Gasteiger partial charge in [-0.2, -0.15) is 5.26 Å². The Kier molecular flexibility index (Phi) is 1.54. The summed E-state index contributed by atoms with van der Waals surface area (Å²) in [6.07, 6.45) is 1.83. The van der Waals surface area contributed by atoms with Crippen molar-refractivity contribution in [3.63, 3.8) is 0 Å². The van der Waals surface area contributed by atoms with Crippen LogP contribution in [0, 0.1) is 11.3 Å². The Balaban J connectivity index is 2.35. The Labute approximate surface area is 55.4 Å². The Morgan fingerprint density at radius 3 is 2.89 bits per heavy atom. The predicted octanol–water partition coefficient (Wildman–Crippen LogP) is 0.769. The van der Waals surface area contributed by atoms with Gasteiger partial charge in [-0.15, -0.1) is 6.58 Å². The van der Waals surface area contributed by atoms with Crippen molar-refractivity contribution in [1.82, 2.24) is 4.90 Å².